The molecule has 0 atom stereocenters. The number of rotatable bonds is 3. The number of thiophene rings is 1. The van der Waals surface area contributed by atoms with E-state index in [2.05, 4.69) is 4.98 Å². The second kappa shape index (κ2) is 4.81. The Hall–Kier alpha value is -2.05. The van der Waals surface area contributed by atoms with Gasteiger partial charge in [0.1, 0.15) is 5.76 Å². The van der Waals surface area contributed by atoms with Gasteiger partial charge in [-0.2, -0.15) is 0 Å². The first-order valence-corrected chi connectivity index (χ1v) is 6.93. The van der Waals surface area contributed by atoms with Crippen LogP contribution in [0.3, 0.4) is 0 Å². The highest BCUT2D eigenvalue weighted by Crippen LogP contribution is 2.38. The summed E-state index contributed by atoms with van der Waals surface area (Å²) in [6, 6.07) is 4.88. The molecule has 0 aliphatic carbocycles. The number of nitrogens with zero attached hydrogens (tertiary/aromatic N) is 1. The lowest BCUT2D eigenvalue weighted by Gasteiger charge is -1.95. The van der Waals surface area contributed by atoms with Crippen molar-refractivity contribution in [2.45, 2.75) is 13.3 Å². The van der Waals surface area contributed by atoms with E-state index in [1.54, 1.807) is 0 Å². The van der Waals surface area contributed by atoms with E-state index in [0.29, 0.717) is 18.1 Å². The van der Waals surface area contributed by atoms with Gasteiger partial charge in [0.05, 0.1) is 10.6 Å². The maximum Gasteiger partial charge on any atom is 0.236 e. The Balaban J connectivity index is 2.08. The zero-order valence-corrected chi connectivity index (χ0v) is 11.6. The number of phenolic OH excluding ortho intramolecular Hbond substituents is 2. The Morgan fingerprint density at radius 1 is 1.20 bits per heavy atom. The number of phenols is 2. The van der Waals surface area contributed by atoms with Crippen molar-refractivity contribution in [3.63, 3.8) is 0 Å². The molecule has 0 saturated carbocycles. The van der Waals surface area contributed by atoms with Crippen molar-refractivity contribution in [2.24, 2.45) is 0 Å². The summed E-state index contributed by atoms with van der Waals surface area (Å²) in [7, 11) is 0. The molecule has 3 N–H and O–H groups in total. The number of aromatic hydroxyl groups is 2. The Morgan fingerprint density at radius 3 is 2.70 bits per heavy atom. The summed E-state index contributed by atoms with van der Waals surface area (Å²) in [6.45, 7) is 1.84. The van der Waals surface area contributed by atoms with Crippen LogP contribution in [0.1, 0.15) is 11.5 Å². The molecule has 0 saturated heterocycles. The normalized spacial score (nSPS) is 11.3. The van der Waals surface area contributed by atoms with E-state index < -0.39 is 0 Å². The van der Waals surface area contributed by atoms with Gasteiger partial charge in [-0.05, 0) is 24.4 Å². The molecule has 0 aliphatic rings. The average molecular weight is 291 g/mol. The van der Waals surface area contributed by atoms with Gasteiger partial charge in [-0.3, -0.25) is 0 Å². The molecule has 0 amide bonds. The largest absolute Gasteiger partial charge is 0.504 e. The first-order valence-electron chi connectivity index (χ1n) is 6.11. The lowest BCUT2D eigenvalue weighted by molar-refractivity contribution is 0.297. The lowest BCUT2D eigenvalue weighted by Crippen LogP contribution is -1.92. The molecule has 3 aromatic rings. The fourth-order valence-electron chi connectivity index (χ4n) is 2.04. The molecule has 0 fully saturated rings. The molecule has 6 heteroatoms. The molecule has 0 bridgehead atoms. The highest BCUT2D eigenvalue weighted by Gasteiger charge is 2.14. The van der Waals surface area contributed by atoms with E-state index >= 15 is 0 Å². The van der Waals surface area contributed by atoms with Crippen LogP contribution in [0.5, 0.6) is 11.5 Å². The molecular formula is C14H13NO4S. The van der Waals surface area contributed by atoms with Crippen LogP contribution in [0.2, 0.25) is 0 Å². The molecule has 1 aromatic carbocycles. The number of aromatic nitrogens is 1. The van der Waals surface area contributed by atoms with Crippen molar-refractivity contribution >= 4 is 21.4 Å². The first kappa shape index (κ1) is 13.0. The first-order chi connectivity index (χ1) is 9.58. The predicted octanol–water partition coefficient (Wildman–Crippen LogP) is 2.81. The summed E-state index contributed by atoms with van der Waals surface area (Å²) in [4.78, 5) is 5.19. The van der Waals surface area contributed by atoms with E-state index in [0.717, 1.165) is 20.7 Å². The standard InChI is InChI=1S/C14H13NO4S/c1-7-9(2-3-16)15-14(19-7)13-5-8-4-10(17)11(18)6-12(8)20-13/h4-6,16-18H,2-3H2,1H3. The van der Waals surface area contributed by atoms with Crippen LogP contribution in [0.4, 0.5) is 0 Å². The summed E-state index contributed by atoms with van der Waals surface area (Å²) >= 11 is 1.42. The Bertz CT molecular complexity index is 736. The maximum absolute atomic E-state index is 9.51. The number of aliphatic hydroxyl groups excluding tert-OH is 1. The second-order valence-corrected chi connectivity index (χ2v) is 5.57. The van der Waals surface area contributed by atoms with Crippen molar-refractivity contribution < 1.29 is 19.7 Å². The van der Waals surface area contributed by atoms with E-state index in [-0.39, 0.29) is 18.1 Å². The molecular weight excluding hydrogens is 278 g/mol. The molecule has 2 aromatic heterocycles. The molecule has 0 aliphatic heterocycles. The van der Waals surface area contributed by atoms with Crippen molar-refractivity contribution in [3.8, 4) is 22.3 Å². The number of aryl methyl sites for hydroxylation is 1. The molecule has 0 unspecified atom stereocenters. The van der Waals surface area contributed by atoms with Crippen LogP contribution in [-0.4, -0.2) is 26.9 Å². The molecule has 20 heavy (non-hydrogen) atoms. The molecule has 0 spiro atoms. The van der Waals surface area contributed by atoms with Crippen molar-refractivity contribution in [1.82, 2.24) is 4.98 Å². The molecule has 2 heterocycles. The van der Waals surface area contributed by atoms with Crippen LogP contribution in [0.15, 0.2) is 22.6 Å². The van der Waals surface area contributed by atoms with Gasteiger partial charge in [-0.15, -0.1) is 11.3 Å². The Labute approximate surface area is 118 Å². The van der Waals surface area contributed by atoms with Gasteiger partial charge in [0.25, 0.3) is 0 Å². The van der Waals surface area contributed by atoms with Crippen LogP contribution >= 0.6 is 11.3 Å². The van der Waals surface area contributed by atoms with E-state index in [9.17, 15) is 10.2 Å². The monoisotopic (exact) mass is 291 g/mol. The number of hydrogen-bond acceptors (Lipinski definition) is 6. The topological polar surface area (TPSA) is 86.7 Å². The number of fused-ring (bicyclic) bond motifs is 1. The summed E-state index contributed by atoms with van der Waals surface area (Å²) < 4.78 is 6.45. The van der Waals surface area contributed by atoms with E-state index in [1.807, 2.05) is 13.0 Å². The minimum Gasteiger partial charge on any atom is -0.504 e. The maximum atomic E-state index is 9.51. The van der Waals surface area contributed by atoms with E-state index in [4.69, 9.17) is 9.52 Å². The molecule has 104 valence electrons. The van der Waals surface area contributed by atoms with Gasteiger partial charge in [0.2, 0.25) is 5.89 Å². The van der Waals surface area contributed by atoms with Gasteiger partial charge in [-0.25, -0.2) is 4.98 Å². The van der Waals surface area contributed by atoms with Gasteiger partial charge < -0.3 is 19.7 Å². The average Bonchev–Trinajstić information content (AvgIpc) is 2.95. The summed E-state index contributed by atoms with van der Waals surface area (Å²) in [6.07, 6.45) is 0.460. The van der Waals surface area contributed by atoms with Gasteiger partial charge in [0.15, 0.2) is 11.5 Å². The number of benzene rings is 1. The molecule has 3 rings (SSSR count). The SMILES string of the molecule is Cc1oc(-c2cc3cc(O)c(O)cc3s2)nc1CCO. The fourth-order valence-corrected chi connectivity index (χ4v) is 3.04. The molecule has 0 radical (unpaired) electrons. The van der Waals surface area contributed by atoms with Crippen LogP contribution in [0.25, 0.3) is 20.9 Å². The van der Waals surface area contributed by atoms with Gasteiger partial charge in [-0.1, -0.05) is 0 Å². The third-order valence-corrected chi connectivity index (χ3v) is 4.15. The number of hydrogen-bond donors (Lipinski definition) is 3. The van der Waals surface area contributed by atoms with Gasteiger partial charge in [0, 0.05) is 23.8 Å². The second-order valence-electron chi connectivity index (χ2n) is 4.48. The van der Waals surface area contributed by atoms with Crippen LogP contribution < -0.4 is 0 Å². The minimum absolute atomic E-state index is 0.0287. The summed E-state index contributed by atoms with van der Waals surface area (Å²) in [5, 5.41) is 28.8. The van der Waals surface area contributed by atoms with E-state index in [1.165, 1.54) is 23.5 Å². The lowest BCUT2D eigenvalue weighted by atomic mass is 10.2. The zero-order valence-electron chi connectivity index (χ0n) is 10.8. The Kier molecular flexibility index (Phi) is 3.11. The zero-order chi connectivity index (χ0) is 14.3. The fraction of sp³-hybridized carbons (Fsp3) is 0.214. The number of oxazole rings is 1. The van der Waals surface area contributed by atoms with Crippen LogP contribution in [0, 0.1) is 6.92 Å². The van der Waals surface area contributed by atoms with Crippen molar-refractivity contribution in [2.75, 3.05) is 6.61 Å². The molecule has 5 nitrogen and oxygen atoms in total. The quantitative estimate of drug-likeness (QED) is 0.646. The predicted molar refractivity (Wildman–Crippen MR) is 76.2 cm³/mol. The smallest absolute Gasteiger partial charge is 0.236 e. The third-order valence-electron chi connectivity index (χ3n) is 3.07. The van der Waals surface area contributed by atoms with Gasteiger partial charge >= 0.3 is 0 Å². The summed E-state index contributed by atoms with van der Waals surface area (Å²) in [5.74, 6) is 0.894. The third kappa shape index (κ3) is 2.13. The minimum atomic E-state index is -0.147. The highest BCUT2D eigenvalue weighted by atomic mass is 32.1. The van der Waals surface area contributed by atoms with Crippen LogP contribution in [-0.2, 0) is 6.42 Å². The van der Waals surface area contributed by atoms with Crippen molar-refractivity contribution in [3.05, 3.63) is 29.7 Å². The summed E-state index contributed by atoms with van der Waals surface area (Å²) in [5.41, 5.74) is 0.741. The van der Waals surface area contributed by atoms with Crippen molar-refractivity contribution in [1.29, 1.82) is 0 Å². The Morgan fingerprint density at radius 2 is 1.95 bits per heavy atom. The highest BCUT2D eigenvalue weighted by molar-refractivity contribution is 7.22. The number of aliphatic hydroxyl groups is 1.